The molecule has 3 N–H and O–H groups in total. The van der Waals surface area contributed by atoms with E-state index in [1.165, 1.54) is 10.9 Å². The highest BCUT2D eigenvalue weighted by atomic mass is 16.5. The van der Waals surface area contributed by atoms with Crippen LogP contribution in [-0.2, 0) is 22.6 Å². The summed E-state index contributed by atoms with van der Waals surface area (Å²) in [7, 11) is 1.54. The predicted molar refractivity (Wildman–Crippen MR) is 59.8 cm³/mol. The Morgan fingerprint density at radius 3 is 2.94 bits per heavy atom. The second-order valence-corrected chi connectivity index (χ2v) is 3.40. The van der Waals surface area contributed by atoms with E-state index in [1.807, 2.05) is 0 Å². The van der Waals surface area contributed by atoms with Crippen LogP contribution in [0.15, 0.2) is 6.20 Å². The molecule has 0 spiro atoms. The average molecular weight is 257 g/mol. The Bertz CT molecular complexity index is 405. The number of aromatic nitrogens is 3. The van der Waals surface area contributed by atoms with Gasteiger partial charge in [0.1, 0.15) is 12.2 Å². The highest BCUT2D eigenvalue weighted by Gasteiger charge is 2.05. The number of carboxylic acids is 1. The van der Waals surface area contributed by atoms with E-state index in [0.29, 0.717) is 18.8 Å². The average Bonchev–Trinajstić information content (AvgIpc) is 2.73. The van der Waals surface area contributed by atoms with Crippen LogP contribution >= 0.6 is 0 Å². The topological polar surface area (TPSA) is 118 Å². The summed E-state index contributed by atoms with van der Waals surface area (Å²) in [6.45, 7) is 0.766. The first kappa shape index (κ1) is 13.9. The number of aliphatic carboxylic acids is 1. The molecule has 0 radical (unpaired) electrons. The van der Waals surface area contributed by atoms with Crippen LogP contribution < -0.4 is 10.6 Å². The van der Waals surface area contributed by atoms with Crippen molar-refractivity contribution < 1.29 is 19.4 Å². The van der Waals surface area contributed by atoms with Gasteiger partial charge in [0.25, 0.3) is 0 Å². The highest BCUT2D eigenvalue weighted by Crippen LogP contribution is 1.92. The van der Waals surface area contributed by atoms with Crippen molar-refractivity contribution in [3.8, 4) is 0 Å². The monoisotopic (exact) mass is 257 g/mol. The molecule has 0 aliphatic carbocycles. The third-order valence-electron chi connectivity index (χ3n) is 1.91. The lowest BCUT2D eigenvalue weighted by atomic mass is 10.5. The van der Waals surface area contributed by atoms with Gasteiger partial charge in [-0.3, -0.25) is 4.79 Å². The highest BCUT2D eigenvalue weighted by molar-refractivity contribution is 5.73. The number of ether oxygens (including phenoxy) is 1. The Morgan fingerprint density at radius 1 is 1.50 bits per heavy atom. The number of nitrogens with zero attached hydrogens (tertiary/aromatic N) is 3. The maximum absolute atomic E-state index is 11.2. The van der Waals surface area contributed by atoms with Gasteiger partial charge in [0.15, 0.2) is 0 Å². The summed E-state index contributed by atoms with van der Waals surface area (Å²) in [5.41, 5.74) is 0.484. The number of nitrogens with one attached hydrogen (secondary N) is 2. The Kier molecular flexibility index (Phi) is 5.58. The van der Waals surface area contributed by atoms with Crippen LogP contribution in [-0.4, -0.2) is 52.4 Å². The van der Waals surface area contributed by atoms with Crippen molar-refractivity contribution in [2.24, 2.45) is 0 Å². The van der Waals surface area contributed by atoms with Gasteiger partial charge >= 0.3 is 12.0 Å². The fraction of sp³-hybridized carbons (Fsp3) is 0.556. The van der Waals surface area contributed by atoms with Crippen molar-refractivity contribution >= 4 is 12.0 Å². The molecule has 0 atom stereocenters. The number of rotatable bonds is 7. The maximum atomic E-state index is 11.2. The molecule has 0 unspecified atom stereocenters. The van der Waals surface area contributed by atoms with Gasteiger partial charge in [0.2, 0.25) is 0 Å². The zero-order valence-corrected chi connectivity index (χ0v) is 9.92. The minimum Gasteiger partial charge on any atom is -0.480 e. The molecule has 1 heterocycles. The lowest BCUT2D eigenvalue weighted by molar-refractivity contribution is -0.137. The van der Waals surface area contributed by atoms with Crippen LogP contribution in [0.1, 0.15) is 5.69 Å². The minimum atomic E-state index is -1.00. The second kappa shape index (κ2) is 7.22. The van der Waals surface area contributed by atoms with Crippen molar-refractivity contribution in [1.29, 1.82) is 0 Å². The molecular formula is C9H15N5O4. The number of methoxy groups -OCH3 is 1. The van der Waals surface area contributed by atoms with E-state index in [4.69, 9.17) is 9.84 Å². The maximum Gasteiger partial charge on any atom is 0.325 e. The molecule has 18 heavy (non-hydrogen) atoms. The van der Waals surface area contributed by atoms with Crippen molar-refractivity contribution in [2.45, 2.75) is 13.1 Å². The Hall–Kier alpha value is -2.16. The molecule has 0 saturated heterocycles. The molecule has 0 bridgehead atoms. The summed E-state index contributed by atoms with van der Waals surface area (Å²) in [5.74, 6) is -1.00. The van der Waals surface area contributed by atoms with Crippen LogP contribution in [0, 0.1) is 0 Å². The third kappa shape index (κ3) is 5.25. The third-order valence-corrected chi connectivity index (χ3v) is 1.91. The zero-order chi connectivity index (χ0) is 13.4. The Morgan fingerprint density at radius 2 is 2.28 bits per heavy atom. The summed E-state index contributed by atoms with van der Waals surface area (Å²) in [6, 6.07) is -0.347. The van der Waals surface area contributed by atoms with Gasteiger partial charge in [0, 0.05) is 13.7 Å². The molecule has 9 heteroatoms. The Balaban J connectivity index is 2.28. The van der Waals surface area contributed by atoms with Gasteiger partial charge in [0.05, 0.1) is 19.3 Å². The van der Waals surface area contributed by atoms with Crippen LogP contribution in [0.5, 0.6) is 0 Å². The first-order valence-corrected chi connectivity index (χ1v) is 5.23. The smallest absolute Gasteiger partial charge is 0.325 e. The molecule has 0 saturated carbocycles. The normalized spacial score (nSPS) is 10.1. The zero-order valence-electron chi connectivity index (χ0n) is 9.92. The second-order valence-electron chi connectivity index (χ2n) is 3.40. The van der Waals surface area contributed by atoms with Crippen molar-refractivity contribution in [2.75, 3.05) is 20.3 Å². The number of hydrogen-bond donors (Lipinski definition) is 3. The quantitative estimate of drug-likeness (QED) is 0.528. The van der Waals surface area contributed by atoms with Crippen LogP contribution in [0.2, 0.25) is 0 Å². The van der Waals surface area contributed by atoms with E-state index in [1.54, 1.807) is 7.11 Å². The summed E-state index contributed by atoms with van der Waals surface area (Å²) in [4.78, 5) is 21.7. The lowest BCUT2D eigenvalue weighted by Crippen LogP contribution is -2.36. The van der Waals surface area contributed by atoms with Crippen molar-refractivity contribution in [1.82, 2.24) is 25.6 Å². The first-order valence-electron chi connectivity index (χ1n) is 5.23. The first-order chi connectivity index (χ1) is 8.61. The van der Waals surface area contributed by atoms with Gasteiger partial charge in [-0.25, -0.2) is 9.48 Å². The molecule has 100 valence electrons. The summed E-state index contributed by atoms with van der Waals surface area (Å²) in [5, 5.41) is 21.0. The van der Waals surface area contributed by atoms with Crippen LogP contribution in [0.4, 0.5) is 4.79 Å². The number of carbonyl (C=O) groups is 2. The Labute approximate surface area is 103 Å². The molecule has 1 aromatic heterocycles. The van der Waals surface area contributed by atoms with E-state index in [-0.39, 0.29) is 19.1 Å². The van der Waals surface area contributed by atoms with E-state index < -0.39 is 5.97 Å². The van der Waals surface area contributed by atoms with Crippen LogP contribution in [0.3, 0.4) is 0 Å². The number of urea groups is 1. The molecule has 1 aromatic rings. The van der Waals surface area contributed by atoms with E-state index >= 15 is 0 Å². The molecule has 0 aromatic carbocycles. The largest absolute Gasteiger partial charge is 0.480 e. The minimum absolute atomic E-state index is 0.179. The summed E-state index contributed by atoms with van der Waals surface area (Å²) < 4.78 is 5.95. The molecule has 0 aliphatic rings. The lowest BCUT2D eigenvalue weighted by Gasteiger charge is -2.04. The molecule has 0 aliphatic heterocycles. The van der Waals surface area contributed by atoms with Crippen molar-refractivity contribution in [3.05, 3.63) is 11.9 Å². The molecule has 9 nitrogen and oxygen atoms in total. The van der Waals surface area contributed by atoms with Gasteiger partial charge in [-0.05, 0) is 0 Å². The number of carboxylic acid groups (broad SMARTS) is 1. The van der Waals surface area contributed by atoms with Gasteiger partial charge in [-0.2, -0.15) is 0 Å². The molecular weight excluding hydrogens is 242 g/mol. The SMILES string of the molecule is COCCNC(=O)NCc1cn(CC(=O)O)nn1. The fourth-order valence-electron chi connectivity index (χ4n) is 1.14. The molecule has 1 rings (SSSR count). The van der Waals surface area contributed by atoms with E-state index in [0.717, 1.165) is 0 Å². The van der Waals surface area contributed by atoms with E-state index in [9.17, 15) is 9.59 Å². The van der Waals surface area contributed by atoms with Gasteiger partial charge in [-0.1, -0.05) is 5.21 Å². The van der Waals surface area contributed by atoms with Crippen LogP contribution in [0.25, 0.3) is 0 Å². The number of hydrogen-bond acceptors (Lipinski definition) is 5. The predicted octanol–water partition coefficient (Wildman–Crippen LogP) is -1.19. The molecule has 0 fully saturated rings. The van der Waals surface area contributed by atoms with Crippen molar-refractivity contribution in [3.63, 3.8) is 0 Å². The summed E-state index contributed by atoms with van der Waals surface area (Å²) >= 11 is 0. The number of carbonyl (C=O) groups excluding carboxylic acids is 1. The standard InChI is InChI=1S/C9H15N5O4/c1-18-3-2-10-9(17)11-4-7-5-14(13-12-7)6-8(15)16/h5H,2-4,6H2,1H3,(H,15,16)(H2,10,11,17). The fourth-order valence-corrected chi connectivity index (χ4v) is 1.14. The number of amides is 2. The van der Waals surface area contributed by atoms with Gasteiger partial charge < -0.3 is 20.5 Å². The van der Waals surface area contributed by atoms with E-state index in [2.05, 4.69) is 20.9 Å². The van der Waals surface area contributed by atoms with Gasteiger partial charge in [-0.15, -0.1) is 5.10 Å². The summed E-state index contributed by atoms with van der Waals surface area (Å²) in [6.07, 6.45) is 1.46. The molecule has 2 amide bonds.